The van der Waals surface area contributed by atoms with Crippen LogP contribution in [0.5, 0.6) is 0 Å². The van der Waals surface area contributed by atoms with Gasteiger partial charge in [0.25, 0.3) is 0 Å². The minimum Gasteiger partial charge on any atom is -0.300 e. The van der Waals surface area contributed by atoms with E-state index in [1.165, 1.54) is 5.56 Å². The van der Waals surface area contributed by atoms with E-state index in [0.29, 0.717) is 18.6 Å². The molecule has 1 saturated carbocycles. The number of Topliss-reactive ketones (excluding diaryl/α,β-unsaturated/α-hetero) is 1. The second-order valence-corrected chi connectivity index (χ2v) is 13.8. The van der Waals surface area contributed by atoms with Crippen molar-refractivity contribution < 1.29 is 9.36 Å². The van der Waals surface area contributed by atoms with Crippen molar-refractivity contribution in [2.75, 3.05) is 7.05 Å². The molecule has 5 atom stereocenters. The largest absolute Gasteiger partial charge is 0.300 e. The van der Waals surface area contributed by atoms with Gasteiger partial charge in [-0.15, -0.1) is 0 Å². The molecule has 184 valence electrons. The zero-order valence-corrected chi connectivity index (χ0v) is 21.9. The molecule has 1 heterocycles. The van der Waals surface area contributed by atoms with Crippen LogP contribution in [0.4, 0.5) is 0 Å². The highest BCUT2D eigenvalue weighted by atomic mass is 31.2. The molecule has 2 aliphatic carbocycles. The van der Waals surface area contributed by atoms with Crippen LogP contribution in [0.1, 0.15) is 42.0 Å². The van der Waals surface area contributed by atoms with E-state index in [2.05, 4.69) is 96.7 Å². The van der Waals surface area contributed by atoms with Crippen LogP contribution in [0.15, 0.2) is 103 Å². The Balaban J connectivity index is 1.62. The van der Waals surface area contributed by atoms with Crippen LogP contribution < -0.4 is 5.30 Å². The van der Waals surface area contributed by atoms with Crippen molar-refractivity contribution in [1.29, 1.82) is 0 Å². The van der Waals surface area contributed by atoms with Crippen LogP contribution in [0.25, 0.3) is 16.8 Å². The second kappa shape index (κ2) is 8.38. The van der Waals surface area contributed by atoms with Crippen molar-refractivity contribution in [2.24, 2.45) is 11.8 Å². The van der Waals surface area contributed by atoms with Gasteiger partial charge < -0.3 is 4.57 Å². The quantitative estimate of drug-likeness (QED) is 0.275. The highest BCUT2D eigenvalue weighted by Crippen LogP contribution is 2.81. The molecule has 0 bridgehead atoms. The van der Waals surface area contributed by atoms with Gasteiger partial charge in [0, 0.05) is 30.1 Å². The third-order valence-electron chi connectivity index (χ3n) is 9.17. The SMILES string of the molecule is CN1[C@H](c2ccccc2)[C@@H]2C=Cc3ccccc3[C@]2([C@@H]2CCC(=O)C2)P1(=O)c1cccc2ccccc12. The minimum absolute atomic E-state index is 0.0112. The van der Waals surface area contributed by atoms with Gasteiger partial charge in [0.05, 0.1) is 5.16 Å². The van der Waals surface area contributed by atoms with Crippen molar-refractivity contribution in [1.82, 2.24) is 4.67 Å². The van der Waals surface area contributed by atoms with E-state index >= 15 is 4.57 Å². The molecule has 1 saturated heterocycles. The molecular weight excluding hydrogens is 473 g/mol. The lowest BCUT2D eigenvalue weighted by Crippen LogP contribution is -2.42. The summed E-state index contributed by atoms with van der Waals surface area (Å²) in [6, 6.07) is 33.5. The first-order valence-corrected chi connectivity index (χ1v) is 14.9. The van der Waals surface area contributed by atoms with Gasteiger partial charge in [-0.25, -0.2) is 4.67 Å². The fourth-order valence-corrected chi connectivity index (χ4v) is 12.3. The van der Waals surface area contributed by atoms with Gasteiger partial charge in [-0.2, -0.15) is 0 Å². The number of rotatable bonds is 3. The van der Waals surface area contributed by atoms with Gasteiger partial charge in [0.15, 0.2) is 7.29 Å². The molecule has 7 rings (SSSR count). The summed E-state index contributed by atoms with van der Waals surface area (Å²) >= 11 is 0. The molecule has 0 spiro atoms. The van der Waals surface area contributed by atoms with Crippen molar-refractivity contribution in [2.45, 2.75) is 30.5 Å². The average Bonchev–Trinajstić information content (AvgIpc) is 3.46. The van der Waals surface area contributed by atoms with Crippen molar-refractivity contribution >= 4 is 35.2 Å². The summed E-state index contributed by atoms with van der Waals surface area (Å²) in [5.74, 6) is 0.285. The molecule has 4 aromatic carbocycles. The van der Waals surface area contributed by atoms with Crippen LogP contribution in [0.2, 0.25) is 0 Å². The predicted molar refractivity (Wildman–Crippen MR) is 151 cm³/mol. The zero-order valence-electron chi connectivity index (χ0n) is 21.0. The van der Waals surface area contributed by atoms with E-state index in [4.69, 9.17) is 0 Å². The third kappa shape index (κ3) is 2.99. The van der Waals surface area contributed by atoms with Gasteiger partial charge >= 0.3 is 0 Å². The summed E-state index contributed by atoms with van der Waals surface area (Å²) in [6.07, 6.45) is 6.37. The van der Waals surface area contributed by atoms with Gasteiger partial charge in [0.2, 0.25) is 0 Å². The number of nitrogens with zero attached hydrogens (tertiary/aromatic N) is 1. The maximum atomic E-state index is 16.5. The van der Waals surface area contributed by atoms with E-state index in [0.717, 1.165) is 33.6 Å². The van der Waals surface area contributed by atoms with Crippen LogP contribution in [-0.2, 0) is 14.5 Å². The lowest BCUT2D eigenvalue weighted by molar-refractivity contribution is -0.117. The van der Waals surface area contributed by atoms with E-state index in [9.17, 15) is 4.79 Å². The smallest absolute Gasteiger partial charge is 0.190 e. The summed E-state index contributed by atoms with van der Waals surface area (Å²) in [7, 11) is -1.26. The van der Waals surface area contributed by atoms with Crippen LogP contribution in [0.3, 0.4) is 0 Å². The molecule has 4 heteroatoms. The van der Waals surface area contributed by atoms with Crippen molar-refractivity contribution in [3.8, 4) is 0 Å². The summed E-state index contributed by atoms with van der Waals surface area (Å²) in [5, 5.41) is 2.37. The van der Waals surface area contributed by atoms with E-state index in [1.54, 1.807) is 0 Å². The highest BCUT2D eigenvalue weighted by Gasteiger charge is 2.70. The molecule has 0 N–H and O–H groups in total. The maximum Gasteiger partial charge on any atom is 0.190 e. The van der Waals surface area contributed by atoms with Gasteiger partial charge in [-0.1, -0.05) is 103 Å². The van der Waals surface area contributed by atoms with Gasteiger partial charge in [-0.05, 0) is 52.9 Å². The van der Waals surface area contributed by atoms with Crippen LogP contribution in [-0.4, -0.2) is 17.5 Å². The summed E-state index contributed by atoms with van der Waals surface area (Å²) in [6.45, 7) is 0. The number of ketones is 1. The first-order chi connectivity index (χ1) is 18.1. The molecule has 1 aliphatic heterocycles. The molecule has 0 aromatic heterocycles. The summed E-state index contributed by atoms with van der Waals surface area (Å²) in [4.78, 5) is 12.9. The predicted octanol–water partition coefficient (Wildman–Crippen LogP) is 7.34. The number of carbonyl (C=O) groups is 1. The molecule has 4 aromatic rings. The Hall–Kier alpha value is -3.26. The highest BCUT2D eigenvalue weighted by molar-refractivity contribution is 7.71. The molecule has 3 nitrogen and oxygen atoms in total. The molecule has 3 aliphatic rings. The van der Waals surface area contributed by atoms with E-state index in [-0.39, 0.29) is 17.9 Å². The summed E-state index contributed by atoms with van der Waals surface area (Å²) in [5.41, 5.74) is 3.44. The molecule has 1 unspecified atom stereocenters. The standard InChI is InChI=1S/C33H30NO2P/c1-34-32(25-12-3-2-4-13-25)30-21-18-24-11-6-8-16-29(24)33(30,26-19-20-27(35)22-26)37(34,36)31-17-9-14-23-10-5-7-15-28(23)31/h2-18,21,26,30,32H,19-20,22H2,1H3/t26-,30+,32-,33+,37?/m1/s1. The monoisotopic (exact) mass is 503 g/mol. The number of hydrogen-bond acceptors (Lipinski definition) is 2. The number of carbonyl (C=O) groups excluding carboxylic acids is 1. The van der Waals surface area contributed by atoms with Gasteiger partial charge in [0.1, 0.15) is 5.78 Å². The Morgan fingerprint density at radius 2 is 1.59 bits per heavy atom. The maximum absolute atomic E-state index is 16.5. The number of hydrogen-bond donors (Lipinski definition) is 0. The number of benzene rings is 4. The van der Waals surface area contributed by atoms with Crippen molar-refractivity contribution in [3.05, 3.63) is 120 Å². The molecule has 0 amide bonds. The normalized spacial score (nSPS) is 30.9. The Morgan fingerprint density at radius 1 is 0.865 bits per heavy atom. The Morgan fingerprint density at radius 3 is 2.41 bits per heavy atom. The first kappa shape index (κ1) is 22.9. The Kier molecular flexibility index (Phi) is 5.19. The minimum atomic E-state index is -3.32. The zero-order chi connectivity index (χ0) is 25.2. The Bertz CT molecular complexity index is 1600. The first-order valence-electron chi connectivity index (χ1n) is 13.2. The topological polar surface area (TPSA) is 37.4 Å². The van der Waals surface area contributed by atoms with E-state index < -0.39 is 12.4 Å². The average molecular weight is 504 g/mol. The van der Waals surface area contributed by atoms with Gasteiger partial charge in [-0.3, -0.25) is 4.79 Å². The second-order valence-electron chi connectivity index (χ2n) is 10.8. The van der Waals surface area contributed by atoms with Crippen molar-refractivity contribution in [3.63, 3.8) is 0 Å². The molecule has 37 heavy (non-hydrogen) atoms. The van der Waals surface area contributed by atoms with Crippen LogP contribution in [0, 0.1) is 11.8 Å². The lowest BCUT2D eigenvalue weighted by atomic mass is 9.67. The molecule has 0 radical (unpaired) electrons. The molecular formula is C33H30NO2P. The Labute approximate surface area is 218 Å². The fraction of sp³-hybridized carbons (Fsp3) is 0.242. The number of fused-ring (bicyclic) bond motifs is 4. The lowest BCUT2D eigenvalue weighted by Gasteiger charge is -2.47. The summed E-state index contributed by atoms with van der Waals surface area (Å²) < 4.78 is 18.7. The van der Waals surface area contributed by atoms with E-state index in [1.807, 2.05) is 24.3 Å². The third-order valence-corrected chi connectivity index (χ3v) is 13.3. The molecule has 2 fully saturated rings. The fourth-order valence-electron chi connectivity index (χ4n) is 7.77. The van der Waals surface area contributed by atoms with Crippen LogP contribution >= 0.6 is 7.29 Å².